The third-order valence-corrected chi connectivity index (χ3v) is 5.11. The molecule has 0 bridgehead atoms. The Kier molecular flexibility index (Phi) is 5.14. The molecule has 2 heterocycles. The summed E-state index contributed by atoms with van der Waals surface area (Å²) >= 11 is 0. The van der Waals surface area contributed by atoms with Crippen molar-refractivity contribution in [3.8, 4) is 23.0 Å². The minimum absolute atomic E-state index is 0.133. The zero-order chi connectivity index (χ0) is 19.5. The Hall–Kier alpha value is -3.09. The van der Waals surface area contributed by atoms with Crippen LogP contribution >= 0.6 is 0 Å². The largest absolute Gasteiger partial charge is 0.493 e. The Morgan fingerprint density at radius 3 is 2.61 bits per heavy atom. The van der Waals surface area contributed by atoms with Gasteiger partial charge in [-0.1, -0.05) is 0 Å². The Bertz CT molecular complexity index is 883. The number of hydrogen-bond acceptors (Lipinski definition) is 6. The molecule has 2 aliphatic heterocycles. The van der Waals surface area contributed by atoms with Crippen LogP contribution in [0.3, 0.4) is 0 Å². The lowest BCUT2D eigenvalue weighted by molar-refractivity contribution is -0.131. The van der Waals surface area contributed by atoms with Crippen LogP contribution in [0.15, 0.2) is 30.3 Å². The van der Waals surface area contributed by atoms with Crippen molar-refractivity contribution in [3.05, 3.63) is 41.5 Å². The third kappa shape index (κ3) is 3.65. The highest BCUT2D eigenvalue weighted by molar-refractivity contribution is 5.77. The molecule has 0 unspecified atom stereocenters. The quantitative estimate of drug-likeness (QED) is 0.826. The summed E-state index contributed by atoms with van der Waals surface area (Å²) in [6.07, 6.45) is 1.24. The van der Waals surface area contributed by atoms with Gasteiger partial charge in [-0.15, -0.1) is 0 Å². The Morgan fingerprint density at radius 1 is 1.07 bits per heavy atom. The van der Waals surface area contributed by atoms with E-state index in [0.29, 0.717) is 31.8 Å². The number of nitrogens with zero attached hydrogens (tertiary/aromatic N) is 1. The maximum Gasteiger partial charge on any atom is 0.231 e. The van der Waals surface area contributed by atoms with E-state index < -0.39 is 0 Å². The topological polar surface area (TPSA) is 69.3 Å². The number of hydrogen-bond donors (Lipinski definition) is 1. The van der Waals surface area contributed by atoms with E-state index in [1.807, 2.05) is 35.2 Å². The van der Waals surface area contributed by atoms with E-state index in [2.05, 4.69) is 5.32 Å². The predicted molar refractivity (Wildman–Crippen MR) is 104 cm³/mol. The number of carbonyl (C=O) groups is 1. The second kappa shape index (κ2) is 7.88. The number of benzene rings is 2. The molecule has 2 aliphatic rings. The van der Waals surface area contributed by atoms with Gasteiger partial charge in [0.15, 0.2) is 23.0 Å². The van der Waals surface area contributed by atoms with E-state index in [9.17, 15) is 4.79 Å². The number of amides is 1. The molecule has 1 N–H and O–H groups in total. The molecule has 0 aliphatic carbocycles. The highest BCUT2D eigenvalue weighted by atomic mass is 16.7. The van der Waals surface area contributed by atoms with E-state index in [-0.39, 0.29) is 12.7 Å². The molecular weight excluding hydrogens is 360 g/mol. The zero-order valence-corrected chi connectivity index (χ0v) is 16.1. The first kappa shape index (κ1) is 18.3. The molecule has 7 nitrogen and oxygen atoms in total. The summed E-state index contributed by atoms with van der Waals surface area (Å²) in [5, 5.41) is 3.28. The lowest BCUT2D eigenvalue weighted by Crippen LogP contribution is -2.36. The fraction of sp³-hybridized carbons (Fsp3) is 0.381. The molecule has 28 heavy (non-hydrogen) atoms. The van der Waals surface area contributed by atoms with Crippen molar-refractivity contribution in [1.29, 1.82) is 0 Å². The summed E-state index contributed by atoms with van der Waals surface area (Å²) < 4.78 is 21.4. The minimum Gasteiger partial charge on any atom is -0.493 e. The molecule has 0 saturated heterocycles. The van der Waals surface area contributed by atoms with Crippen LogP contribution in [0.5, 0.6) is 23.0 Å². The van der Waals surface area contributed by atoms with Gasteiger partial charge >= 0.3 is 0 Å². The first-order chi connectivity index (χ1) is 13.7. The standard InChI is InChI=1S/C21H24N2O5/c1-25-18-9-14-6-8-23(12-15(14)10-19(18)26-2)21(24)5-7-22-16-3-4-17-20(11-16)28-13-27-17/h3-4,9-11,22H,5-8,12-13H2,1-2H3. The maximum atomic E-state index is 12.6. The second-order valence-corrected chi connectivity index (χ2v) is 6.79. The molecule has 0 fully saturated rings. The summed E-state index contributed by atoms with van der Waals surface area (Å²) in [7, 11) is 3.26. The van der Waals surface area contributed by atoms with Crippen LogP contribution < -0.4 is 24.3 Å². The average molecular weight is 384 g/mol. The molecule has 1 amide bonds. The van der Waals surface area contributed by atoms with Crippen LogP contribution in [0.2, 0.25) is 0 Å². The Morgan fingerprint density at radius 2 is 1.82 bits per heavy atom. The summed E-state index contributed by atoms with van der Waals surface area (Å²) in [5.74, 6) is 3.04. The van der Waals surface area contributed by atoms with Crippen molar-refractivity contribution in [2.75, 3.05) is 39.4 Å². The highest BCUT2D eigenvalue weighted by Crippen LogP contribution is 2.35. The smallest absolute Gasteiger partial charge is 0.231 e. The van der Waals surface area contributed by atoms with Gasteiger partial charge < -0.3 is 29.2 Å². The number of methoxy groups -OCH3 is 2. The van der Waals surface area contributed by atoms with Crippen molar-refractivity contribution in [2.45, 2.75) is 19.4 Å². The number of anilines is 1. The van der Waals surface area contributed by atoms with E-state index in [4.69, 9.17) is 18.9 Å². The lowest BCUT2D eigenvalue weighted by Gasteiger charge is -2.29. The SMILES string of the molecule is COc1cc2c(cc1OC)CN(C(=O)CCNc1ccc3c(c1)OCO3)CC2. The molecule has 0 spiro atoms. The van der Waals surface area contributed by atoms with E-state index >= 15 is 0 Å². The number of ether oxygens (including phenoxy) is 4. The van der Waals surface area contributed by atoms with Crippen molar-refractivity contribution >= 4 is 11.6 Å². The number of carbonyl (C=O) groups excluding carboxylic acids is 1. The van der Waals surface area contributed by atoms with Crippen LogP contribution in [0.4, 0.5) is 5.69 Å². The minimum atomic E-state index is 0.133. The molecule has 4 rings (SSSR count). The number of rotatable bonds is 6. The normalized spacial score (nSPS) is 14.4. The molecule has 0 aromatic heterocycles. The second-order valence-electron chi connectivity index (χ2n) is 6.79. The third-order valence-electron chi connectivity index (χ3n) is 5.11. The zero-order valence-electron chi connectivity index (χ0n) is 16.1. The van der Waals surface area contributed by atoms with E-state index in [1.54, 1.807) is 14.2 Å². The van der Waals surface area contributed by atoms with Gasteiger partial charge in [0, 0.05) is 37.8 Å². The van der Waals surface area contributed by atoms with Gasteiger partial charge in [-0.3, -0.25) is 4.79 Å². The fourth-order valence-corrected chi connectivity index (χ4v) is 3.57. The number of nitrogens with one attached hydrogen (secondary N) is 1. The molecule has 2 aromatic rings. The molecule has 7 heteroatoms. The van der Waals surface area contributed by atoms with Gasteiger partial charge in [-0.2, -0.15) is 0 Å². The predicted octanol–water partition coefficient (Wildman–Crippen LogP) is 2.82. The van der Waals surface area contributed by atoms with Crippen molar-refractivity contribution in [3.63, 3.8) is 0 Å². The highest BCUT2D eigenvalue weighted by Gasteiger charge is 2.22. The van der Waals surface area contributed by atoms with Crippen molar-refractivity contribution < 1.29 is 23.7 Å². The Labute approximate surface area is 164 Å². The van der Waals surface area contributed by atoms with Crippen LogP contribution in [0.25, 0.3) is 0 Å². The van der Waals surface area contributed by atoms with Gasteiger partial charge in [0.1, 0.15) is 0 Å². The maximum absolute atomic E-state index is 12.6. The monoisotopic (exact) mass is 384 g/mol. The lowest BCUT2D eigenvalue weighted by atomic mass is 9.98. The molecule has 0 atom stereocenters. The van der Waals surface area contributed by atoms with Gasteiger partial charge in [0.05, 0.1) is 14.2 Å². The van der Waals surface area contributed by atoms with Crippen LogP contribution in [0.1, 0.15) is 17.5 Å². The Balaban J connectivity index is 1.33. The first-order valence-corrected chi connectivity index (χ1v) is 9.33. The van der Waals surface area contributed by atoms with Crippen LogP contribution in [0, 0.1) is 0 Å². The summed E-state index contributed by atoms with van der Waals surface area (Å²) in [4.78, 5) is 14.5. The summed E-state index contributed by atoms with van der Waals surface area (Å²) in [5.41, 5.74) is 3.24. The molecule has 0 saturated carbocycles. The van der Waals surface area contributed by atoms with Crippen LogP contribution in [-0.2, 0) is 17.8 Å². The van der Waals surface area contributed by atoms with Crippen molar-refractivity contribution in [1.82, 2.24) is 4.90 Å². The van der Waals surface area contributed by atoms with E-state index in [0.717, 1.165) is 34.9 Å². The number of fused-ring (bicyclic) bond motifs is 2. The van der Waals surface area contributed by atoms with Gasteiger partial charge in [0.25, 0.3) is 0 Å². The molecule has 148 valence electrons. The molecular formula is C21H24N2O5. The van der Waals surface area contributed by atoms with Crippen LogP contribution in [-0.4, -0.2) is 44.9 Å². The van der Waals surface area contributed by atoms with Gasteiger partial charge in [-0.25, -0.2) is 0 Å². The average Bonchev–Trinajstić information content (AvgIpc) is 3.20. The molecule has 2 aromatic carbocycles. The summed E-state index contributed by atoms with van der Waals surface area (Å²) in [6.45, 7) is 2.13. The van der Waals surface area contributed by atoms with Gasteiger partial charge in [0.2, 0.25) is 12.7 Å². The fourth-order valence-electron chi connectivity index (χ4n) is 3.57. The van der Waals surface area contributed by atoms with Crippen molar-refractivity contribution in [2.24, 2.45) is 0 Å². The first-order valence-electron chi connectivity index (χ1n) is 9.33. The van der Waals surface area contributed by atoms with Gasteiger partial charge in [-0.05, 0) is 41.8 Å². The molecule has 0 radical (unpaired) electrons. The van der Waals surface area contributed by atoms with E-state index in [1.165, 1.54) is 5.56 Å². The summed E-state index contributed by atoms with van der Waals surface area (Å²) in [6, 6.07) is 9.67.